The van der Waals surface area contributed by atoms with E-state index in [1.54, 1.807) is 6.07 Å². The zero-order valence-electron chi connectivity index (χ0n) is 19.0. The molecule has 1 amide bonds. The second kappa shape index (κ2) is 8.64. The summed E-state index contributed by atoms with van der Waals surface area (Å²) in [6.45, 7) is 3.59. The molecular weight excluding hydrogens is 448 g/mol. The molecule has 34 heavy (non-hydrogen) atoms. The summed E-state index contributed by atoms with van der Waals surface area (Å²) in [5, 5.41) is 0.819. The Morgan fingerprint density at radius 1 is 0.941 bits per heavy atom. The van der Waals surface area contributed by atoms with Crippen molar-refractivity contribution in [3.05, 3.63) is 94.5 Å². The number of carbonyl (C=O) groups excluding carboxylic acids is 1. The summed E-state index contributed by atoms with van der Waals surface area (Å²) >= 11 is 6.48. The molecule has 3 heterocycles. The minimum absolute atomic E-state index is 0.0664. The lowest BCUT2D eigenvalue weighted by atomic mass is 9.63. The topological polar surface area (TPSA) is 42.0 Å². The van der Waals surface area contributed by atoms with Gasteiger partial charge >= 0.3 is 0 Å². The quantitative estimate of drug-likeness (QED) is 0.497. The minimum atomic E-state index is 0.0664. The van der Waals surface area contributed by atoms with Crippen molar-refractivity contribution in [2.75, 3.05) is 26.4 Å². The third kappa shape index (κ3) is 3.73. The largest absolute Gasteiger partial charge is 0.454 e. The second-order valence-corrected chi connectivity index (χ2v) is 9.94. The highest BCUT2D eigenvalue weighted by Gasteiger charge is 2.54. The predicted octanol–water partition coefficient (Wildman–Crippen LogP) is 5.55. The Morgan fingerprint density at radius 2 is 1.68 bits per heavy atom. The van der Waals surface area contributed by atoms with Crippen molar-refractivity contribution >= 4 is 17.5 Å². The van der Waals surface area contributed by atoms with Crippen LogP contribution >= 0.6 is 11.6 Å². The average molecular weight is 475 g/mol. The molecule has 1 atom stereocenters. The Balaban J connectivity index is 1.19. The highest BCUT2D eigenvalue weighted by Crippen LogP contribution is 2.55. The highest BCUT2D eigenvalue weighted by molar-refractivity contribution is 6.31. The number of hydrogen-bond acceptors (Lipinski definition) is 4. The van der Waals surface area contributed by atoms with Gasteiger partial charge in [-0.15, -0.1) is 0 Å². The van der Waals surface area contributed by atoms with Crippen molar-refractivity contribution in [3.8, 4) is 11.5 Å². The molecule has 2 fully saturated rings. The third-order valence-corrected chi connectivity index (χ3v) is 7.94. The molecule has 1 spiro atoms. The first-order chi connectivity index (χ1) is 16.6. The van der Waals surface area contributed by atoms with E-state index in [4.69, 9.17) is 21.1 Å². The smallest absolute Gasteiger partial charge is 0.253 e. The van der Waals surface area contributed by atoms with Crippen LogP contribution in [0.3, 0.4) is 0 Å². The molecule has 5 nitrogen and oxygen atoms in total. The molecule has 0 radical (unpaired) electrons. The highest BCUT2D eigenvalue weighted by atomic mass is 35.5. The number of amides is 1. The van der Waals surface area contributed by atoms with Crippen LogP contribution in [-0.4, -0.2) is 42.1 Å². The van der Waals surface area contributed by atoms with Crippen molar-refractivity contribution in [1.82, 2.24) is 9.80 Å². The number of fused-ring (bicyclic) bond motifs is 1. The Hall–Kier alpha value is -3.02. The summed E-state index contributed by atoms with van der Waals surface area (Å²) in [4.78, 5) is 17.7. The molecule has 3 aromatic rings. The fraction of sp³-hybridized carbons (Fsp3) is 0.321. The number of ether oxygens (including phenoxy) is 2. The molecule has 174 valence electrons. The summed E-state index contributed by atoms with van der Waals surface area (Å²) in [5.74, 6) is 1.42. The first kappa shape index (κ1) is 21.5. The first-order valence-electron chi connectivity index (χ1n) is 11.8. The number of carbonyl (C=O) groups is 1. The van der Waals surface area contributed by atoms with Gasteiger partial charge in [0, 0.05) is 48.2 Å². The van der Waals surface area contributed by atoms with Crippen LogP contribution in [0.1, 0.15) is 40.4 Å². The molecule has 6 rings (SSSR count). The monoisotopic (exact) mass is 474 g/mol. The Bertz CT molecular complexity index is 1210. The van der Waals surface area contributed by atoms with Crippen LogP contribution < -0.4 is 9.47 Å². The maximum atomic E-state index is 13.2. The maximum Gasteiger partial charge on any atom is 0.253 e. The molecule has 0 N–H and O–H groups in total. The fourth-order valence-electron chi connectivity index (χ4n) is 5.85. The summed E-state index contributed by atoms with van der Waals surface area (Å²) in [5.41, 5.74) is 3.34. The van der Waals surface area contributed by atoms with Crippen LogP contribution in [0.15, 0.2) is 72.8 Å². The van der Waals surface area contributed by atoms with Crippen LogP contribution in [0.5, 0.6) is 11.5 Å². The summed E-state index contributed by atoms with van der Waals surface area (Å²) in [6, 6.07) is 24.7. The van der Waals surface area contributed by atoms with Crippen LogP contribution in [0, 0.1) is 5.41 Å². The molecular formula is C28H27ClN2O3. The zero-order chi connectivity index (χ0) is 23.1. The van der Waals surface area contributed by atoms with Gasteiger partial charge in [0.1, 0.15) is 0 Å². The van der Waals surface area contributed by atoms with Crippen LogP contribution in [-0.2, 0) is 6.54 Å². The zero-order valence-corrected chi connectivity index (χ0v) is 19.7. The van der Waals surface area contributed by atoms with Crippen LogP contribution in [0.2, 0.25) is 5.02 Å². The maximum absolute atomic E-state index is 13.2. The number of likely N-dealkylation sites (tertiary alicyclic amines) is 2. The van der Waals surface area contributed by atoms with E-state index in [9.17, 15) is 4.79 Å². The Labute approximate surface area is 204 Å². The lowest BCUT2D eigenvalue weighted by molar-refractivity contribution is -0.113. The first-order valence-corrected chi connectivity index (χ1v) is 12.2. The van der Waals surface area contributed by atoms with Crippen molar-refractivity contribution in [1.29, 1.82) is 0 Å². The van der Waals surface area contributed by atoms with E-state index < -0.39 is 0 Å². The van der Waals surface area contributed by atoms with Gasteiger partial charge in [-0.25, -0.2) is 0 Å². The van der Waals surface area contributed by atoms with Crippen LogP contribution in [0.25, 0.3) is 0 Å². The normalized spacial score (nSPS) is 20.9. The van der Waals surface area contributed by atoms with Gasteiger partial charge in [0.2, 0.25) is 6.79 Å². The SMILES string of the molecule is O=C(c1ccc2c(c1)OCO2)N1CCC2(CC1)CN(Cc1ccccc1Cl)C2c1ccccc1. The fourth-order valence-corrected chi connectivity index (χ4v) is 6.04. The molecule has 0 saturated carbocycles. The molecule has 1 unspecified atom stereocenters. The van der Waals surface area contributed by atoms with E-state index in [0.29, 0.717) is 23.1 Å². The molecule has 0 bridgehead atoms. The molecule has 2 saturated heterocycles. The van der Waals surface area contributed by atoms with Gasteiger partial charge in [-0.2, -0.15) is 0 Å². The van der Waals surface area contributed by atoms with Crippen molar-refractivity contribution in [2.45, 2.75) is 25.4 Å². The molecule has 3 aliphatic rings. The standard InChI is InChI=1S/C28H27ClN2O3/c29-23-9-5-4-8-22(23)17-31-18-28(26(31)20-6-2-1-3-7-20)12-14-30(15-13-28)27(32)21-10-11-24-25(16-21)34-19-33-24/h1-11,16,26H,12-15,17-19H2. The number of rotatable bonds is 4. The average Bonchev–Trinajstić information content (AvgIpc) is 3.33. The van der Waals surface area contributed by atoms with Gasteiger partial charge in [-0.05, 0) is 48.2 Å². The summed E-state index contributed by atoms with van der Waals surface area (Å²) in [6.07, 6.45) is 1.98. The number of halogens is 1. The summed E-state index contributed by atoms with van der Waals surface area (Å²) in [7, 11) is 0. The van der Waals surface area contributed by atoms with Gasteiger partial charge in [-0.3, -0.25) is 9.69 Å². The number of nitrogens with zero attached hydrogens (tertiary/aromatic N) is 2. The lowest BCUT2D eigenvalue weighted by Gasteiger charge is -2.61. The van der Waals surface area contributed by atoms with E-state index >= 15 is 0 Å². The van der Waals surface area contributed by atoms with Gasteiger partial charge in [-0.1, -0.05) is 60.1 Å². The number of piperidine rings is 1. The van der Waals surface area contributed by atoms with Gasteiger partial charge < -0.3 is 14.4 Å². The lowest BCUT2D eigenvalue weighted by Crippen LogP contribution is -2.62. The summed E-state index contributed by atoms with van der Waals surface area (Å²) < 4.78 is 10.8. The number of benzene rings is 3. The minimum Gasteiger partial charge on any atom is -0.454 e. The van der Waals surface area contributed by atoms with E-state index in [-0.39, 0.29) is 18.1 Å². The van der Waals surface area contributed by atoms with E-state index in [1.165, 1.54) is 5.56 Å². The van der Waals surface area contributed by atoms with Crippen LogP contribution in [0.4, 0.5) is 0 Å². The van der Waals surface area contributed by atoms with Crippen molar-refractivity contribution in [2.24, 2.45) is 5.41 Å². The van der Waals surface area contributed by atoms with Gasteiger partial charge in [0.25, 0.3) is 5.91 Å². The van der Waals surface area contributed by atoms with Gasteiger partial charge in [0.05, 0.1) is 0 Å². The van der Waals surface area contributed by atoms with Gasteiger partial charge in [0.15, 0.2) is 11.5 Å². The predicted molar refractivity (Wildman–Crippen MR) is 131 cm³/mol. The number of hydrogen-bond donors (Lipinski definition) is 0. The third-order valence-electron chi connectivity index (χ3n) is 7.58. The molecule has 0 aromatic heterocycles. The molecule has 6 heteroatoms. The van der Waals surface area contributed by atoms with E-state index in [1.807, 2.05) is 29.2 Å². The molecule has 0 aliphatic carbocycles. The Kier molecular flexibility index (Phi) is 5.47. The molecule has 3 aliphatic heterocycles. The van der Waals surface area contributed by atoms with Crippen molar-refractivity contribution in [3.63, 3.8) is 0 Å². The van der Waals surface area contributed by atoms with E-state index in [2.05, 4.69) is 47.4 Å². The second-order valence-electron chi connectivity index (χ2n) is 9.53. The van der Waals surface area contributed by atoms with Crippen molar-refractivity contribution < 1.29 is 14.3 Å². The molecule has 3 aromatic carbocycles. The Morgan fingerprint density at radius 3 is 2.47 bits per heavy atom. The van der Waals surface area contributed by atoms with E-state index in [0.717, 1.165) is 49.6 Å².